The number of hydrogen-bond acceptors (Lipinski definition) is 6. The minimum absolute atomic E-state index is 0.0357. The van der Waals surface area contributed by atoms with Crippen molar-refractivity contribution < 1.29 is 10.4 Å². The number of rotatable bonds is 8. The summed E-state index contributed by atoms with van der Waals surface area (Å²) < 4.78 is 0. The number of hydrogen-bond donors (Lipinski definition) is 4. The molecule has 0 saturated heterocycles. The molecule has 0 unspecified atom stereocenters. The average Bonchev–Trinajstić information content (AvgIpc) is 2.40. The molecule has 0 spiro atoms. The topological polar surface area (TPSA) is 89.2 Å². The fourth-order valence-corrected chi connectivity index (χ4v) is 1.39. The van der Waals surface area contributed by atoms with Crippen molar-refractivity contribution in [1.82, 2.24) is 10.6 Å². The van der Waals surface area contributed by atoms with E-state index >= 15 is 0 Å². The normalized spacial score (nSPS) is 17.4. The first-order chi connectivity index (χ1) is 8.73. The van der Waals surface area contributed by atoms with E-state index in [1.165, 1.54) is 0 Å². The maximum Gasteiger partial charge on any atom is 0.0706 e. The van der Waals surface area contributed by atoms with E-state index in [0.29, 0.717) is 11.4 Å². The molecule has 0 radical (unpaired) electrons. The van der Waals surface area contributed by atoms with Crippen LogP contribution in [0.2, 0.25) is 0 Å². The summed E-state index contributed by atoms with van der Waals surface area (Å²) in [7, 11) is 0. The van der Waals surface area contributed by atoms with Gasteiger partial charge < -0.3 is 21.0 Å². The first-order valence-electron chi connectivity index (χ1n) is 6.57. The Morgan fingerprint density at radius 2 is 1.32 bits per heavy atom. The zero-order valence-electron chi connectivity index (χ0n) is 12.9. The Labute approximate surface area is 116 Å². The lowest BCUT2D eigenvalue weighted by molar-refractivity contribution is 0.298. The van der Waals surface area contributed by atoms with Crippen LogP contribution in [0.1, 0.15) is 41.5 Å². The van der Waals surface area contributed by atoms with E-state index in [1.54, 1.807) is 13.8 Å². The van der Waals surface area contributed by atoms with Gasteiger partial charge in [-0.15, -0.1) is 0 Å². The Morgan fingerprint density at radius 1 is 1.00 bits per heavy atom. The smallest absolute Gasteiger partial charge is 0.0706 e. The van der Waals surface area contributed by atoms with Crippen LogP contribution in [0.3, 0.4) is 0 Å². The lowest BCUT2D eigenvalue weighted by Gasteiger charge is -2.29. The second kappa shape index (κ2) is 8.12. The van der Waals surface area contributed by atoms with Crippen LogP contribution in [0.5, 0.6) is 0 Å². The molecule has 0 aliphatic rings. The molecule has 0 saturated carbocycles. The van der Waals surface area contributed by atoms with Gasteiger partial charge in [0.05, 0.1) is 11.4 Å². The summed E-state index contributed by atoms with van der Waals surface area (Å²) in [5, 5.41) is 30.4. The van der Waals surface area contributed by atoms with Crippen molar-refractivity contribution in [3.63, 3.8) is 0 Å². The summed E-state index contributed by atoms with van der Waals surface area (Å²) in [4.78, 5) is 0. The molecular formula is C13H28N4O2. The minimum Gasteiger partial charge on any atom is -0.411 e. The van der Waals surface area contributed by atoms with Crippen molar-refractivity contribution in [2.24, 2.45) is 15.7 Å². The summed E-state index contributed by atoms with van der Waals surface area (Å²) in [5.74, 6) is 0. The molecule has 0 heterocycles. The zero-order valence-corrected chi connectivity index (χ0v) is 12.9. The van der Waals surface area contributed by atoms with Crippen LogP contribution in [0.4, 0.5) is 0 Å². The van der Waals surface area contributed by atoms with Crippen LogP contribution in [0, 0.1) is 5.41 Å². The second-order valence-corrected chi connectivity index (χ2v) is 5.85. The Balaban J connectivity index is 4.19. The highest BCUT2D eigenvalue weighted by Gasteiger charge is 2.20. The van der Waals surface area contributed by atoms with Gasteiger partial charge in [0.15, 0.2) is 0 Å². The zero-order chi connectivity index (χ0) is 15.1. The fourth-order valence-electron chi connectivity index (χ4n) is 1.39. The molecule has 0 aliphatic carbocycles. The SMILES string of the molecule is C/C(=N\O)[C@H](C)NCC([14CH3])([14CH3])CN[C@H](C)/C(C)=N/O. The van der Waals surface area contributed by atoms with Crippen LogP contribution in [-0.4, -0.2) is 47.0 Å². The third-order valence-corrected chi connectivity index (χ3v) is 3.34. The summed E-state index contributed by atoms with van der Waals surface area (Å²) >= 11 is 0. The van der Waals surface area contributed by atoms with Gasteiger partial charge in [-0.2, -0.15) is 0 Å². The molecule has 4 N–H and O–H groups in total. The molecule has 0 amide bonds. The Morgan fingerprint density at radius 3 is 1.58 bits per heavy atom. The van der Waals surface area contributed by atoms with Gasteiger partial charge in [0, 0.05) is 25.2 Å². The van der Waals surface area contributed by atoms with E-state index in [9.17, 15) is 0 Å². The third kappa shape index (κ3) is 7.12. The predicted octanol–water partition coefficient (Wildman–Crippen LogP) is 1.67. The molecular weight excluding hydrogens is 248 g/mol. The van der Waals surface area contributed by atoms with Crippen LogP contribution >= 0.6 is 0 Å². The molecule has 0 rings (SSSR count). The van der Waals surface area contributed by atoms with Crippen LogP contribution < -0.4 is 10.6 Å². The largest absolute Gasteiger partial charge is 0.411 e. The maximum absolute atomic E-state index is 8.70. The Hall–Kier alpha value is -1.14. The molecule has 6 nitrogen and oxygen atoms in total. The molecule has 2 atom stereocenters. The van der Waals surface area contributed by atoms with Crippen molar-refractivity contribution in [3.8, 4) is 0 Å². The van der Waals surface area contributed by atoms with Gasteiger partial charge in [-0.25, -0.2) is 0 Å². The van der Waals surface area contributed by atoms with E-state index in [-0.39, 0.29) is 17.5 Å². The average molecular weight is 276 g/mol. The predicted molar refractivity (Wildman–Crippen MR) is 78.5 cm³/mol. The third-order valence-electron chi connectivity index (χ3n) is 3.34. The molecule has 112 valence electrons. The summed E-state index contributed by atoms with van der Waals surface area (Å²) in [6, 6.07) is 0.0878. The van der Waals surface area contributed by atoms with E-state index < -0.39 is 0 Å². The molecule has 6 heteroatoms. The summed E-state index contributed by atoms with van der Waals surface area (Å²) in [6.45, 7) is 13.4. The minimum atomic E-state index is 0.0357. The first kappa shape index (κ1) is 17.9. The van der Waals surface area contributed by atoms with Crippen LogP contribution in [-0.2, 0) is 0 Å². The van der Waals surface area contributed by atoms with E-state index in [2.05, 4.69) is 34.8 Å². The van der Waals surface area contributed by atoms with E-state index in [0.717, 1.165) is 13.1 Å². The lowest BCUT2D eigenvalue weighted by Crippen LogP contribution is -2.46. The first-order valence-corrected chi connectivity index (χ1v) is 6.57. The van der Waals surface area contributed by atoms with Crippen molar-refractivity contribution in [2.75, 3.05) is 13.1 Å². The van der Waals surface area contributed by atoms with Crippen LogP contribution in [0.15, 0.2) is 10.3 Å². The molecule has 0 aromatic rings. The number of nitrogens with zero attached hydrogens (tertiary/aromatic N) is 2. The number of oxime groups is 2. The van der Waals surface area contributed by atoms with Gasteiger partial charge in [0.1, 0.15) is 0 Å². The van der Waals surface area contributed by atoms with Crippen molar-refractivity contribution in [1.29, 1.82) is 0 Å². The highest BCUT2D eigenvalue weighted by Crippen LogP contribution is 2.12. The van der Waals surface area contributed by atoms with Crippen LogP contribution in [0.25, 0.3) is 0 Å². The monoisotopic (exact) mass is 276 g/mol. The molecule has 0 aliphatic heterocycles. The van der Waals surface area contributed by atoms with Gasteiger partial charge in [-0.05, 0) is 33.1 Å². The molecule has 0 bridgehead atoms. The fraction of sp³-hybridized carbons (Fsp3) is 0.846. The van der Waals surface area contributed by atoms with Gasteiger partial charge >= 0.3 is 0 Å². The highest BCUT2D eigenvalue weighted by molar-refractivity contribution is 5.86. The van der Waals surface area contributed by atoms with Gasteiger partial charge in [0.25, 0.3) is 0 Å². The quantitative estimate of drug-likeness (QED) is 0.308. The van der Waals surface area contributed by atoms with Crippen molar-refractivity contribution in [2.45, 2.75) is 53.6 Å². The van der Waals surface area contributed by atoms with Crippen molar-refractivity contribution in [3.05, 3.63) is 0 Å². The highest BCUT2D eigenvalue weighted by atomic mass is 16.4. The standard InChI is InChI=1S/C13H28N4O2/c1-9(11(3)16-18)14-7-13(5,6)8-15-10(2)12(4)17-19/h9-10,14-15,18-19H,7-8H2,1-6H3/b16-11+,17-12+/t9-,10+/i5+2,6+2. The molecule has 0 aromatic carbocycles. The van der Waals surface area contributed by atoms with Crippen molar-refractivity contribution >= 4 is 11.4 Å². The van der Waals surface area contributed by atoms with E-state index in [4.69, 9.17) is 10.4 Å². The second-order valence-electron chi connectivity index (χ2n) is 5.85. The summed E-state index contributed by atoms with van der Waals surface area (Å²) in [6.07, 6.45) is 0. The Kier molecular flexibility index (Phi) is 7.63. The van der Waals surface area contributed by atoms with E-state index in [1.807, 2.05) is 13.8 Å². The lowest BCUT2D eigenvalue weighted by atomic mass is 10.1. The molecule has 0 fully saturated rings. The van der Waals surface area contributed by atoms with Gasteiger partial charge in [-0.1, -0.05) is 24.2 Å². The van der Waals surface area contributed by atoms with Gasteiger partial charge in [-0.3, -0.25) is 0 Å². The summed E-state index contributed by atoms with van der Waals surface area (Å²) in [5.41, 5.74) is 1.37. The molecule has 19 heavy (non-hydrogen) atoms. The maximum atomic E-state index is 8.70. The molecule has 0 aromatic heterocycles. The number of nitrogens with one attached hydrogen (secondary N) is 2. The van der Waals surface area contributed by atoms with Gasteiger partial charge in [0.2, 0.25) is 0 Å². The Bertz CT molecular complexity index is 297.